The number of nitrogens with two attached hydrogens (primary N) is 1. The molecule has 0 aliphatic carbocycles. The molecule has 3 rings (SSSR count). The molecule has 1 saturated heterocycles. The van der Waals surface area contributed by atoms with Crippen LogP contribution in [0.5, 0.6) is 17.2 Å². The number of hydrogen-bond donors (Lipinski definition) is 2. The highest BCUT2D eigenvalue weighted by Gasteiger charge is 2.29. The highest BCUT2D eigenvalue weighted by Crippen LogP contribution is 2.34. The highest BCUT2D eigenvalue weighted by molar-refractivity contribution is 5.85. The van der Waals surface area contributed by atoms with Crippen LogP contribution in [0.2, 0.25) is 0 Å². The second-order valence-corrected chi connectivity index (χ2v) is 5.21. The molecule has 2 atom stereocenters. The number of halogens is 1. The average Bonchev–Trinajstić information content (AvgIpc) is 3.19. The molecule has 0 aromatic heterocycles. The van der Waals surface area contributed by atoms with Gasteiger partial charge < -0.3 is 30.0 Å². The van der Waals surface area contributed by atoms with E-state index < -0.39 is 0 Å². The monoisotopic (exact) mass is 344 g/mol. The Labute approximate surface area is 140 Å². The number of amides is 1. The van der Waals surface area contributed by atoms with Crippen LogP contribution in [0.25, 0.3) is 0 Å². The minimum Gasteiger partial charge on any atom is -0.492 e. The van der Waals surface area contributed by atoms with E-state index in [0.29, 0.717) is 36.9 Å². The Bertz CT molecular complexity index is 543. The van der Waals surface area contributed by atoms with Crippen molar-refractivity contribution < 1.29 is 23.7 Å². The average molecular weight is 345 g/mol. The molecule has 1 aromatic carbocycles. The summed E-state index contributed by atoms with van der Waals surface area (Å²) in [6, 6.07) is 5.38. The standard InChI is InChI=1S/C15H20N2O5.ClH/c16-8-11-2-4-13(22-11)15(18)17-5-6-19-10-1-3-12-14(7-10)21-9-20-12;/h1,3,7,11,13H,2,4-6,8-9,16H2,(H,17,18);1H/t11-,13+;/m1./s1. The Hall–Kier alpha value is -1.70. The van der Waals surface area contributed by atoms with Gasteiger partial charge in [-0.25, -0.2) is 0 Å². The lowest BCUT2D eigenvalue weighted by Gasteiger charge is -2.13. The van der Waals surface area contributed by atoms with Crippen molar-refractivity contribution in [2.75, 3.05) is 26.5 Å². The molecule has 2 aliphatic rings. The van der Waals surface area contributed by atoms with E-state index in [-0.39, 0.29) is 37.3 Å². The molecule has 1 aromatic rings. The maximum atomic E-state index is 11.9. The lowest BCUT2D eigenvalue weighted by molar-refractivity contribution is -0.131. The first-order valence-corrected chi connectivity index (χ1v) is 7.42. The Balaban J connectivity index is 0.00000192. The number of nitrogens with one attached hydrogen (secondary N) is 1. The number of carbonyl (C=O) groups is 1. The zero-order valence-electron chi connectivity index (χ0n) is 12.7. The van der Waals surface area contributed by atoms with Gasteiger partial charge in [0.05, 0.1) is 12.6 Å². The van der Waals surface area contributed by atoms with Gasteiger partial charge in [-0.3, -0.25) is 4.79 Å². The van der Waals surface area contributed by atoms with E-state index in [0.717, 1.165) is 12.8 Å². The Morgan fingerprint density at radius 3 is 2.91 bits per heavy atom. The van der Waals surface area contributed by atoms with Gasteiger partial charge in [-0.05, 0) is 25.0 Å². The molecule has 1 amide bonds. The predicted molar refractivity (Wildman–Crippen MR) is 85.3 cm³/mol. The molecule has 2 heterocycles. The Morgan fingerprint density at radius 2 is 2.13 bits per heavy atom. The van der Waals surface area contributed by atoms with E-state index >= 15 is 0 Å². The first kappa shape index (κ1) is 17.7. The molecule has 3 N–H and O–H groups in total. The number of rotatable bonds is 6. The molecular formula is C15H21ClN2O5. The predicted octanol–water partition coefficient (Wildman–Crippen LogP) is 0.838. The molecule has 1 fully saturated rings. The van der Waals surface area contributed by atoms with Gasteiger partial charge in [0.2, 0.25) is 12.7 Å². The van der Waals surface area contributed by atoms with E-state index in [1.165, 1.54) is 0 Å². The Morgan fingerprint density at radius 1 is 1.30 bits per heavy atom. The zero-order valence-corrected chi connectivity index (χ0v) is 13.5. The molecule has 7 nitrogen and oxygen atoms in total. The van der Waals surface area contributed by atoms with Gasteiger partial charge in [0, 0.05) is 12.6 Å². The second-order valence-electron chi connectivity index (χ2n) is 5.21. The number of ether oxygens (including phenoxy) is 4. The van der Waals surface area contributed by atoms with E-state index in [9.17, 15) is 4.79 Å². The summed E-state index contributed by atoms with van der Waals surface area (Å²) in [5, 5.41) is 2.81. The molecule has 8 heteroatoms. The van der Waals surface area contributed by atoms with Gasteiger partial charge >= 0.3 is 0 Å². The fourth-order valence-electron chi connectivity index (χ4n) is 2.50. The van der Waals surface area contributed by atoms with Crippen molar-refractivity contribution in [3.63, 3.8) is 0 Å². The largest absolute Gasteiger partial charge is 0.492 e. The first-order valence-electron chi connectivity index (χ1n) is 7.42. The van der Waals surface area contributed by atoms with Crippen LogP contribution in [0.1, 0.15) is 12.8 Å². The molecule has 0 unspecified atom stereocenters. The van der Waals surface area contributed by atoms with Gasteiger partial charge in [0.15, 0.2) is 11.5 Å². The van der Waals surface area contributed by atoms with Crippen molar-refractivity contribution in [1.29, 1.82) is 0 Å². The number of benzene rings is 1. The van der Waals surface area contributed by atoms with Gasteiger partial charge in [0.25, 0.3) is 0 Å². The van der Waals surface area contributed by atoms with Crippen LogP contribution in [0, 0.1) is 0 Å². The molecule has 128 valence electrons. The van der Waals surface area contributed by atoms with Gasteiger partial charge in [-0.15, -0.1) is 12.4 Å². The maximum Gasteiger partial charge on any atom is 0.249 e. The number of hydrogen-bond acceptors (Lipinski definition) is 6. The highest BCUT2D eigenvalue weighted by atomic mass is 35.5. The van der Waals surface area contributed by atoms with Crippen LogP contribution in [-0.2, 0) is 9.53 Å². The van der Waals surface area contributed by atoms with Crippen LogP contribution in [0.3, 0.4) is 0 Å². The van der Waals surface area contributed by atoms with Crippen molar-refractivity contribution in [2.45, 2.75) is 25.0 Å². The molecular weight excluding hydrogens is 324 g/mol. The Kier molecular flexibility index (Phi) is 6.32. The van der Waals surface area contributed by atoms with E-state index in [1.807, 2.05) is 0 Å². The third-order valence-corrected chi connectivity index (χ3v) is 3.68. The van der Waals surface area contributed by atoms with Crippen molar-refractivity contribution in [3.05, 3.63) is 18.2 Å². The van der Waals surface area contributed by atoms with Crippen LogP contribution in [0.4, 0.5) is 0 Å². The van der Waals surface area contributed by atoms with E-state index in [2.05, 4.69) is 5.32 Å². The maximum absolute atomic E-state index is 11.9. The summed E-state index contributed by atoms with van der Waals surface area (Å²) in [7, 11) is 0. The first-order chi connectivity index (χ1) is 10.8. The molecule has 23 heavy (non-hydrogen) atoms. The summed E-state index contributed by atoms with van der Waals surface area (Å²) < 4.78 is 21.6. The van der Waals surface area contributed by atoms with Crippen molar-refractivity contribution >= 4 is 18.3 Å². The lowest BCUT2D eigenvalue weighted by Crippen LogP contribution is -2.37. The minimum atomic E-state index is -0.390. The quantitative estimate of drug-likeness (QED) is 0.743. The normalized spacial score (nSPS) is 21.6. The topological polar surface area (TPSA) is 92.0 Å². The van der Waals surface area contributed by atoms with Crippen LogP contribution in [-0.4, -0.2) is 44.6 Å². The van der Waals surface area contributed by atoms with Gasteiger partial charge in [-0.2, -0.15) is 0 Å². The molecule has 2 aliphatic heterocycles. The zero-order chi connectivity index (χ0) is 15.4. The van der Waals surface area contributed by atoms with E-state index in [1.54, 1.807) is 18.2 Å². The van der Waals surface area contributed by atoms with E-state index in [4.69, 9.17) is 24.7 Å². The summed E-state index contributed by atoms with van der Waals surface area (Å²) >= 11 is 0. The minimum absolute atomic E-state index is 0. The summed E-state index contributed by atoms with van der Waals surface area (Å²) in [4.78, 5) is 11.9. The van der Waals surface area contributed by atoms with Gasteiger partial charge in [0.1, 0.15) is 18.5 Å². The number of carbonyl (C=O) groups excluding carboxylic acids is 1. The van der Waals surface area contributed by atoms with Crippen molar-refractivity contribution in [2.24, 2.45) is 5.73 Å². The smallest absolute Gasteiger partial charge is 0.249 e. The SMILES string of the molecule is Cl.NC[C@H]1CC[C@@H](C(=O)NCCOc2ccc3c(c2)OCO3)O1. The summed E-state index contributed by atoms with van der Waals surface area (Å²) in [6.45, 7) is 1.48. The van der Waals surface area contributed by atoms with Crippen molar-refractivity contribution in [1.82, 2.24) is 5.32 Å². The third-order valence-electron chi connectivity index (χ3n) is 3.68. The molecule has 0 saturated carbocycles. The van der Waals surface area contributed by atoms with Crippen LogP contribution >= 0.6 is 12.4 Å². The molecule has 0 spiro atoms. The lowest BCUT2D eigenvalue weighted by atomic mass is 10.2. The van der Waals surface area contributed by atoms with Gasteiger partial charge in [-0.1, -0.05) is 0 Å². The number of fused-ring (bicyclic) bond motifs is 1. The second kappa shape index (κ2) is 8.24. The third kappa shape index (κ3) is 4.40. The molecule has 0 radical (unpaired) electrons. The van der Waals surface area contributed by atoms with Crippen molar-refractivity contribution in [3.8, 4) is 17.2 Å². The summed E-state index contributed by atoms with van der Waals surface area (Å²) in [6.07, 6.45) is 1.17. The molecule has 0 bridgehead atoms. The fraction of sp³-hybridized carbons (Fsp3) is 0.533. The van der Waals surface area contributed by atoms with Crippen LogP contribution < -0.4 is 25.3 Å². The fourth-order valence-corrected chi connectivity index (χ4v) is 2.50. The summed E-state index contributed by atoms with van der Waals surface area (Å²) in [5.41, 5.74) is 5.53. The summed E-state index contributed by atoms with van der Waals surface area (Å²) in [5.74, 6) is 1.96. The van der Waals surface area contributed by atoms with Crippen LogP contribution in [0.15, 0.2) is 18.2 Å².